The molecule has 0 bridgehead atoms. The van der Waals surface area contributed by atoms with Crippen LogP contribution in [0, 0.1) is 5.92 Å². The van der Waals surface area contributed by atoms with Gasteiger partial charge in [-0.05, 0) is 51.1 Å². The summed E-state index contributed by atoms with van der Waals surface area (Å²) < 4.78 is 5.87. The average Bonchev–Trinajstić information content (AvgIpc) is 2.40. The Morgan fingerprint density at radius 1 is 1.32 bits per heavy atom. The van der Waals surface area contributed by atoms with Crippen molar-refractivity contribution in [3.8, 4) is 0 Å². The summed E-state index contributed by atoms with van der Waals surface area (Å²) in [6.07, 6.45) is 6.80. The molecule has 0 amide bonds. The summed E-state index contributed by atoms with van der Waals surface area (Å²) in [5.41, 5.74) is 0. The number of piperidine rings is 1. The zero-order valence-corrected chi connectivity index (χ0v) is 13.3. The van der Waals surface area contributed by atoms with Crippen LogP contribution < -0.4 is 5.32 Å². The van der Waals surface area contributed by atoms with E-state index in [1.807, 2.05) is 0 Å². The van der Waals surface area contributed by atoms with Crippen LogP contribution >= 0.6 is 0 Å². The normalized spacial score (nSPS) is 21.2. The van der Waals surface area contributed by atoms with E-state index in [-0.39, 0.29) is 0 Å². The monoisotopic (exact) mass is 270 g/mol. The Labute approximate surface area is 120 Å². The molecule has 0 aliphatic carbocycles. The van der Waals surface area contributed by atoms with Crippen LogP contribution in [0.15, 0.2) is 0 Å². The number of likely N-dealkylation sites (tertiary alicyclic amines) is 1. The molecule has 0 aromatic carbocycles. The molecule has 1 atom stereocenters. The first-order valence-corrected chi connectivity index (χ1v) is 8.27. The fourth-order valence-corrected chi connectivity index (χ4v) is 2.63. The van der Waals surface area contributed by atoms with Gasteiger partial charge in [0.05, 0.1) is 6.10 Å². The Kier molecular flexibility index (Phi) is 9.48. The molecule has 1 unspecified atom stereocenters. The van der Waals surface area contributed by atoms with E-state index in [9.17, 15) is 0 Å². The molecule has 1 rings (SSSR count). The van der Waals surface area contributed by atoms with Gasteiger partial charge in [-0.15, -0.1) is 0 Å². The van der Waals surface area contributed by atoms with Gasteiger partial charge in [-0.25, -0.2) is 0 Å². The minimum Gasteiger partial charge on any atom is -0.377 e. The van der Waals surface area contributed by atoms with Crippen molar-refractivity contribution in [2.45, 2.75) is 59.0 Å². The highest BCUT2D eigenvalue weighted by atomic mass is 16.5. The standard InChI is InChI=1S/C16H34N2O/c1-4-13-19-16-8-6-11-18(14-16)12-10-17-9-5-7-15(2)3/h15-17H,4-14H2,1-3H3. The lowest BCUT2D eigenvalue weighted by Gasteiger charge is -2.32. The van der Waals surface area contributed by atoms with Crippen LogP contribution in [-0.4, -0.2) is 50.3 Å². The van der Waals surface area contributed by atoms with E-state index >= 15 is 0 Å². The van der Waals surface area contributed by atoms with Crippen LogP contribution in [0.4, 0.5) is 0 Å². The van der Waals surface area contributed by atoms with Gasteiger partial charge in [-0.3, -0.25) is 4.90 Å². The average molecular weight is 270 g/mol. The van der Waals surface area contributed by atoms with Crippen LogP contribution in [0.1, 0.15) is 52.9 Å². The lowest BCUT2D eigenvalue weighted by Crippen LogP contribution is -2.42. The Morgan fingerprint density at radius 3 is 2.89 bits per heavy atom. The van der Waals surface area contributed by atoms with Gasteiger partial charge in [0.25, 0.3) is 0 Å². The molecule has 1 fully saturated rings. The van der Waals surface area contributed by atoms with Crippen molar-refractivity contribution in [3.05, 3.63) is 0 Å². The number of hydrogen-bond acceptors (Lipinski definition) is 3. The van der Waals surface area contributed by atoms with Crippen LogP contribution in [-0.2, 0) is 4.74 Å². The highest BCUT2D eigenvalue weighted by Crippen LogP contribution is 2.12. The fourth-order valence-electron chi connectivity index (χ4n) is 2.63. The highest BCUT2D eigenvalue weighted by Gasteiger charge is 2.19. The maximum atomic E-state index is 5.87. The molecule has 0 aromatic rings. The summed E-state index contributed by atoms with van der Waals surface area (Å²) in [6.45, 7) is 13.5. The molecule has 1 N–H and O–H groups in total. The second-order valence-corrected chi connectivity index (χ2v) is 6.22. The second kappa shape index (κ2) is 10.6. The minimum absolute atomic E-state index is 0.481. The second-order valence-electron chi connectivity index (χ2n) is 6.22. The Morgan fingerprint density at radius 2 is 2.16 bits per heavy atom. The molecule has 0 aromatic heterocycles. The molecule has 3 nitrogen and oxygen atoms in total. The largest absolute Gasteiger partial charge is 0.377 e. The summed E-state index contributed by atoms with van der Waals surface area (Å²) >= 11 is 0. The lowest BCUT2D eigenvalue weighted by atomic mass is 10.1. The van der Waals surface area contributed by atoms with E-state index in [0.29, 0.717) is 6.10 Å². The van der Waals surface area contributed by atoms with Gasteiger partial charge in [0.2, 0.25) is 0 Å². The zero-order chi connectivity index (χ0) is 13.9. The van der Waals surface area contributed by atoms with Crippen LogP contribution in [0.2, 0.25) is 0 Å². The van der Waals surface area contributed by atoms with Gasteiger partial charge in [-0.1, -0.05) is 20.8 Å². The Balaban J connectivity index is 1.99. The lowest BCUT2D eigenvalue weighted by molar-refractivity contribution is 0.000376. The number of nitrogens with zero attached hydrogens (tertiary/aromatic N) is 1. The van der Waals surface area contributed by atoms with Gasteiger partial charge in [0, 0.05) is 26.2 Å². The molecule has 1 aliphatic heterocycles. The molecule has 3 heteroatoms. The summed E-state index contributed by atoms with van der Waals surface area (Å²) in [6, 6.07) is 0. The quantitative estimate of drug-likeness (QED) is 0.618. The van der Waals surface area contributed by atoms with Crippen molar-refractivity contribution >= 4 is 0 Å². The first-order chi connectivity index (χ1) is 9.22. The van der Waals surface area contributed by atoms with E-state index in [4.69, 9.17) is 4.74 Å². The predicted molar refractivity (Wildman–Crippen MR) is 82.6 cm³/mol. The first-order valence-electron chi connectivity index (χ1n) is 8.27. The number of nitrogens with one attached hydrogen (secondary N) is 1. The van der Waals surface area contributed by atoms with Crippen molar-refractivity contribution in [1.29, 1.82) is 0 Å². The van der Waals surface area contributed by atoms with Crippen LogP contribution in [0.5, 0.6) is 0 Å². The minimum atomic E-state index is 0.481. The van der Waals surface area contributed by atoms with Crippen molar-refractivity contribution in [1.82, 2.24) is 10.2 Å². The van der Waals surface area contributed by atoms with E-state index < -0.39 is 0 Å². The van der Waals surface area contributed by atoms with Crippen molar-refractivity contribution in [2.24, 2.45) is 5.92 Å². The maximum Gasteiger partial charge on any atom is 0.0702 e. The fraction of sp³-hybridized carbons (Fsp3) is 1.00. The van der Waals surface area contributed by atoms with Crippen LogP contribution in [0.3, 0.4) is 0 Å². The van der Waals surface area contributed by atoms with Crippen LogP contribution in [0.25, 0.3) is 0 Å². The van der Waals surface area contributed by atoms with E-state index in [0.717, 1.165) is 32.0 Å². The molecule has 1 aliphatic rings. The van der Waals surface area contributed by atoms with Gasteiger partial charge in [-0.2, -0.15) is 0 Å². The molecule has 114 valence electrons. The van der Waals surface area contributed by atoms with E-state index in [1.165, 1.54) is 45.3 Å². The topological polar surface area (TPSA) is 24.5 Å². The highest BCUT2D eigenvalue weighted by molar-refractivity contribution is 4.73. The molecular weight excluding hydrogens is 236 g/mol. The molecule has 0 spiro atoms. The smallest absolute Gasteiger partial charge is 0.0702 e. The predicted octanol–water partition coefficient (Wildman–Crippen LogP) is 2.90. The van der Waals surface area contributed by atoms with Crippen molar-refractivity contribution in [2.75, 3.05) is 39.3 Å². The third kappa shape index (κ3) is 8.61. The SMILES string of the molecule is CCCOC1CCCN(CCNCCCC(C)C)C1. The summed E-state index contributed by atoms with van der Waals surface area (Å²) in [7, 11) is 0. The molecule has 19 heavy (non-hydrogen) atoms. The van der Waals surface area contributed by atoms with E-state index in [1.54, 1.807) is 0 Å². The first kappa shape index (κ1) is 16.9. The van der Waals surface area contributed by atoms with Gasteiger partial charge in [0.1, 0.15) is 0 Å². The molecule has 1 saturated heterocycles. The number of hydrogen-bond donors (Lipinski definition) is 1. The van der Waals surface area contributed by atoms with Gasteiger partial charge >= 0.3 is 0 Å². The summed E-state index contributed by atoms with van der Waals surface area (Å²) in [5.74, 6) is 0.834. The van der Waals surface area contributed by atoms with E-state index in [2.05, 4.69) is 31.0 Å². The van der Waals surface area contributed by atoms with Crippen molar-refractivity contribution in [3.63, 3.8) is 0 Å². The third-order valence-electron chi connectivity index (χ3n) is 3.76. The zero-order valence-electron chi connectivity index (χ0n) is 13.3. The number of ether oxygens (including phenoxy) is 1. The Hall–Kier alpha value is -0.120. The van der Waals surface area contributed by atoms with Crippen molar-refractivity contribution < 1.29 is 4.74 Å². The molecule has 0 radical (unpaired) electrons. The molecule has 1 heterocycles. The Bertz CT molecular complexity index is 209. The van der Waals surface area contributed by atoms with Gasteiger partial charge < -0.3 is 10.1 Å². The molecule has 0 saturated carbocycles. The summed E-state index contributed by atoms with van der Waals surface area (Å²) in [4.78, 5) is 2.55. The third-order valence-corrected chi connectivity index (χ3v) is 3.76. The molecular formula is C16H34N2O. The van der Waals surface area contributed by atoms with Gasteiger partial charge in [0.15, 0.2) is 0 Å². The number of rotatable bonds is 10. The maximum absolute atomic E-state index is 5.87. The summed E-state index contributed by atoms with van der Waals surface area (Å²) in [5, 5.41) is 3.56.